The maximum atomic E-state index is 13.0. The van der Waals surface area contributed by atoms with Gasteiger partial charge in [0, 0.05) is 6.20 Å². The molecule has 0 radical (unpaired) electrons. The quantitative estimate of drug-likeness (QED) is 0.577. The number of amides is 2. The van der Waals surface area contributed by atoms with Gasteiger partial charge in [0.1, 0.15) is 10.6 Å². The molecular weight excluding hydrogens is 415 g/mol. The fourth-order valence-corrected chi connectivity index (χ4v) is 4.42. The predicted molar refractivity (Wildman–Crippen MR) is 108 cm³/mol. The van der Waals surface area contributed by atoms with Crippen molar-refractivity contribution >= 4 is 28.7 Å². The zero-order valence-electron chi connectivity index (χ0n) is 15.7. The van der Waals surface area contributed by atoms with Crippen LogP contribution in [0.2, 0.25) is 0 Å². The SMILES string of the molecule is NC(=O)N(c1ccc(-c2cnc(C3(O)CCC3)s2)cc1)c1cccc(C(F)(F)F)c1. The number of carbonyl (C=O) groups excluding carboxylic acids is 1. The van der Waals surface area contributed by atoms with Gasteiger partial charge < -0.3 is 10.8 Å². The number of thiazole rings is 1. The molecule has 1 aliphatic carbocycles. The van der Waals surface area contributed by atoms with Crippen LogP contribution in [0.4, 0.5) is 29.3 Å². The average molecular weight is 433 g/mol. The van der Waals surface area contributed by atoms with Gasteiger partial charge in [0.15, 0.2) is 0 Å². The highest BCUT2D eigenvalue weighted by atomic mass is 32.1. The Morgan fingerprint density at radius 3 is 2.40 bits per heavy atom. The Kier molecular flexibility index (Phi) is 5.03. The number of primary amides is 1. The third-order valence-corrected chi connectivity index (χ3v) is 6.39. The second-order valence-electron chi connectivity index (χ2n) is 7.18. The molecule has 1 fully saturated rings. The van der Waals surface area contributed by atoms with Crippen molar-refractivity contribution in [3.8, 4) is 10.4 Å². The number of nitrogens with zero attached hydrogens (tertiary/aromatic N) is 2. The lowest BCUT2D eigenvalue weighted by molar-refractivity contribution is -0.137. The van der Waals surface area contributed by atoms with Gasteiger partial charge in [0.2, 0.25) is 0 Å². The minimum Gasteiger partial charge on any atom is -0.383 e. The van der Waals surface area contributed by atoms with Crippen LogP contribution in [0.3, 0.4) is 0 Å². The third-order valence-electron chi connectivity index (χ3n) is 5.15. The van der Waals surface area contributed by atoms with Crippen molar-refractivity contribution < 1.29 is 23.1 Å². The van der Waals surface area contributed by atoms with Gasteiger partial charge in [-0.25, -0.2) is 9.78 Å². The summed E-state index contributed by atoms with van der Waals surface area (Å²) in [4.78, 5) is 18.2. The molecule has 3 N–H and O–H groups in total. The maximum absolute atomic E-state index is 13.0. The number of aliphatic hydroxyl groups is 1. The van der Waals surface area contributed by atoms with Crippen LogP contribution in [-0.4, -0.2) is 16.1 Å². The number of rotatable bonds is 4. The molecule has 5 nitrogen and oxygen atoms in total. The molecular formula is C21H18F3N3O2S. The van der Waals surface area contributed by atoms with Crippen LogP contribution in [0.25, 0.3) is 10.4 Å². The van der Waals surface area contributed by atoms with E-state index in [9.17, 15) is 23.1 Å². The average Bonchev–Trinajstić information content (AvgIpc) is 3.17. The van der Waals surface area contributed by atoms with Crippen LogP contribution >= 0.6 is 11.3 Å². The van der Waals surface area contributed by atoms with Gasteiger partial charge >= 0.3 is 12.2 Å². The van der Waals surface area contributed by atoms with Gasteiger partial charge in [-0.15, -0.1) is 11.3 Å². The normalized spacial score (nSPS) is 15.5. The lowest BCUT2D eigenvalue weighted by Crippen LogP contribution is -2.33. The number of benzene rings is 2. The zero-order chi connectivity index (χ0) is 21.5. The van der Waals surface area contributed by atoms with Crippen molar-refractivity contribution in [3.05, 3.63) is 65.3 Å². The number of halogens is 3. The highest BCUT2D eigenvalue weighted by Crippen LogP contribution is 2.44. The van der Waals surface area contributed by atoms with Crippen molar-refractivity contribution in [1.82, 2.24) is 4.98 Å². The van der Waals surface area contributed by atoms with Gasteiger partial charge in [-0.05, 0) is 55.2 Å². The Balaban J connectivity index is 1.62. The van der Waals surface area contributed by atoms with Gasteiger partial charge in [-0.3, -0.25) is 4.90 Å². The fraction of sp³-hybridized carbons (Fsp3) is 0.238. The molecule has 2 amide bonds. The summed E-state index contributed by atoms with van der Waals surface area (Å²) in [7, 11) is 0. The van der Waals surface area contributed by atoms with Crippen molar-refractivity contribution in [2.75, 3.05) is 4.90 Å². The molecule has 0 unspecified atom stereocenters. The third kappa shape index (κ3) is 3.78. The monoisotopic (exact) mass is 433 g/mol. The van der Waals surface area contributed by atoms with E-state index in [1.807, 2.05) is 0 Å². The van der Waals surface area contributed by atoms with E-state index in [4.69, 9.17) is 5.73 Å². The van der Waals surface area contributed by atoms with Crippen LogP contribution in [-0.2, 0) is 11.8 Å². The minimum absolute atomic E-state index is 0.0253. The number of hydrogen-bond acceptors (Lipinski definition) is 4. The van der Waals surface area contributed by atoms with Crippen LogP contribution in [0, 0.1) is 0 Å². The summed E-state index contributed by atoms with van der Waals surface area (Å²) in [5.74, 6) is 0. The van der Waals surface area contributed by atoms with Crippen LogP contribution in [0.1, 0.15) is 29.8 Å². The molecule has 0 bridgehead atoms. The number of aromatic nitrogens is 1. The predicted octanol–water partition coefficient (Wildman–Crippen LogP) is 5.42. The van der Waals surface area contributed by atoms with Gasteiger partial charge in [0.05, 0.1) is 21.8 Å². The second-order valence-corrected chi connectivity index (χ2v) is 8.21. The number of nitrogens with two attached hydrogens (primary N) is 1. The van der Waals surface area contributed by atoms with Crippen molar-refractivity contribution in [3.63, 3.8) is 0 Å². The van der Waals surface area contributed by atoms with Gasteiger partial charge in [-0.2, -0.15) is 13.2 Å². The standard InChI is InChI=1S/C21H18F3N3O2S/c22-21(23,24)14-3-1-4-16(11-14)27(19(25)28)15-7-5-13(6-8-15)17-12-26-18(30-17)20(29)9-2-10-20/h1,3-8,11-12,29H,2,9-10H2,(H2,25,28). The lowest BCUT2D eigenvalue weighted by atomic mass is 9.81. The lowest BCUT2D eigenvalue weighted by Gasteiger charge is -2.34. The first-order valence-electron chi connectivity index (χ1n) is 9.23. The van der Waals surface area contributed by atoms with E-state index in [0.29, 0.717) is 23.5 Å². The molecule has 1 aromatic heterocycles. The summed E-state index contributed by atoms with van der Waals surface area (Å²) >= 11 is 1.40. The van der Waals surface area contributed by atoms with Crippen LogP contribution in [0.15, 0.2) is 54.7 Å². The number of urea groups is 1. The fourth-order valence-electron chi connectivity index (χ4n) is 3.35. The largest absolute Gasteiger partial charge is 0.416 e. The molecule has 9 heteroatoms. The molecule has 4 rings (SSSR count). The van der Waals surface area contributed by atoms with Crippen LogP contribution in [0.5, 0.6) is 0 Å². The van der Waals surface area contributed by atoms with E-state index in [1.54, 1.807) is 30.5 Å². The second kappa shape index (κ2) is 7.41. The van der Waals surface area contributed by atoms with Crippen LogP contribution < -0.4 is 10.6 Å². The Morgan fingerprint density at radius 2 is 1.83 bits per heavy atom. The van der Waals surface area contributed by atoms with E-state index in [1.165, 1.54) is 23.5 Å². The number of alkyl halides is 3. The first-order valence-corrected chi connectivity index (χ1v) is 10.0. The van der Waals surface area contributed by atoms with Gasteiger partial charge in [0.25, 0.3) is 0 Å². The topological polar surface area (TPSA) is 79.5 Å². The van der Waals surface area contributed by atoms with E-state index in [-0.39, 0.29) is 5.69 Å². The van der Waals surface area contributed by atoms with E-state index in [2.05, 4.69) is 4.98 Å². The molecule has 3 aromatic rings. The molecule has 0 atom stereocenters. The Hall–Kier alpha value is -2.91. The summed E-state index contributed by atoms with van der Waals surface area (Å²) in [5, 5.41) is 11.1. The summed E-state index contributed by atoms with van der Waals surface area (Å²) in [5.41, 5.74) is 4.93. The number of anilines is 2. The molecule has 1 heterocycles. The summed E-state index contributed by atoms with van der Waals surface area (Å²) in [6, 6.07) is 10.2. The van der Waals surface area contributed by atoms with E-state index >= 15 is 0 Å². The van der Waals surface area contributed by atoms with Crippen molar-refractivity contribution in [2.24, 2.45) is 5.73 Å². The van der Waals surface area contributed by atoms with E-state index < -0.39 is 23.4 Å². The number of hydrogen-bond donors (Lipinski definition) is 2. The van der Waals surface area contributed by atoms with Crippen molar-refractivity contribution in [1.29, 1.82) is 0 Å². The molecule has 30 heavy (non-hydrogen) atoms. The highest BCUT2D eigenvalue weighted by Gasteiger charge is 2.39. The molecule has 0 aliphatic heterocycles. The Morgan fingerprint density at radius 1 is 1.13 bits per heavy atom. The summed E-state index contributed by atoms with van der Waals surface area (Å²) < 4.78 is 39.1. The maximum Gasteiger partial charge on any atom is 0.416 e. The zero-order valence-corrected chi connectivity index (χ0v) is 16.5. The molecule has 1 saturated carbocycles. The first kappa shape index (κ1) is 20.4. The van der Waals surface area contributed by atoms with Crippen molar-refractivity contribution in [2.45, 2.75) is 31.0 Å². The minimum atomic E-state index is -4.53. The molecule has 1 aliphatic rings. The highest BCUT2D eigenvalue weighted by molar-refractivity contribution is 7.15. The molecule has 156 valence electrons. The van der Waals surface area contributed by atoms with Gasteiger partial charge in [-0.1, -0.05) is 18.2 Å². The molecule has 2 aromatic carbocycles. The molecule has 0 saturated heterocycles. The Labute approximate surface area is 174 Å². The molecule has 0 spiro atoms. The Bertz CT molecular complexity index is 1080. The van der Waals surface area contributed by atoms with E-state index in [0.717, 1.165) is 33.9 Å². The summed E-state index contributed by atoms with van der Waals surface area (Å²) in [6.45, 7) is 0. The number of carbonyl (C=O) groups is 1. The first-order chi connectivity index (χ1) is 14.2. The summed E-state index contributed by atoms with van der Waals surface area (Å²) in [6.07, 6.45) is -0.479. The smallest absolute Gasteiger partial charge is 0.383 e.